The smallest absolute Gasteiger partial charge is 0.322 e. The Morgan fingerprint density at radius 1 is 1.32 bits per heavy atom. The highest BCUT2D eigenvalue weighted by molar-refractivity contribution is 5.75. The molecule has 0 aliphatic heterocycles. The molecule has 0 spiro atoms. The van der Waals surface area contributed by atoms with E-state index in [1.807, 2.05) is 0 Å². The maximum absolute atomic E-state index is 11.7. The molecule has 1 fully saturated rings. The number of ether oxygens (including phenoxy) is 1. The predicted molar refractivity (Wildman–Crippen MR) is 76.0 cm³/mol. The van der Waals surface area contributed by atoms with Crippen molar-refractivity contribution in [1.29, 1.82) is 0 Å². The molecule has 0 saturated heterocycles. The first-order valence-corrected chi connectivity index (χ1v) is 7.65. The summed E-state index contributed by atoms with van der Waals surface area (Å²) in [6.07, 6.45) is 9.07. The van der Waals surface area contributed by atoms with Crippen LogP contribution in [0.3, 0.4) is 0 Å². The van der Waals surface area contributed by atoms with E-state index < -0.39 is 5.60 Å². The average molecular weight is 271 g/mol. The van der Waals surface area contributed by atoms with Crippen molar-refractivity contribution in [1.82, 2.24) is 5.32 Å². The molecule has 0 aromatic heterocycles. The van der Waals surface area contributed by atoms with Crippen molar-refractivity contribution in [2.24, 2.45) is 0 Å². The van der Waals surface area contributed by atoms with Crippen LogP contribution in [-0.2, 0) is 9.53 Å². The van der Waals surface area contributed by atoms with E-state index in [4.69, 9.17) is 4.74 Å². The van der Waals surface area contributed by atoms with Crippen LogP contribution in [-0.4, -0.2) is 36.4 Å². The van der Waals surface area contributed by atoms with Gasteiger partial charge in [0.05, 0.1) is 12.7 Å². The van der Waals surface area contributed by atoms with E-state index in [0.29, 0.717) is 6.54 Å². The average Bonchev–Trinajstić information content (AvgIpc) is 2.63. The van der Waals surface area contributed by atoms with Crippen LogP contribution in [0.5, 0.6) is 0 Å². The molecule has 19 heavy (non-hydrogen) atoms. The SMILES string of the molecule is CCCCC(NCC1(O)CCCCCC1)C(=O)OC. The zero-order valence-corrected chi connectivity index (χ0v) is 12.4. The van der Waals surface area contributed by atoms with Gasteiger partial charge in [-0.05, 0) is 19.3 Å². The minimum Gasteiger partial charge on any atom is -0.468 e. The molecule has 112 valence electrons. The normalized spacial score (nSPS) is 20.6. The molecule has 1 aliphatic carbocycles. The Morgan fingerprint density at radius 2 is 1.95 bits per heavy atom. The number of rotatable bonds is 7. The molecule has 1 aliphatic rings. The van der Waals surface area contributed by atoms with Gasteiger partial charge in [0, 0.05) is 6.54 Å². The quantitative estimate of drug-likeness (QED) is 0.551. The molecule has 0 heterocycles. The van der Waals surface area contributed by atoms with E-state index in [1.54, 1.807) is 0 Å². The second-order valence-corrected chi connectivity index (χ2v) is 5.74. The molecule has 0 aromatic carbocycles. The lowest BCUT2D eigenvalue weighted by Crippen LogP contribution is -2.47. The molecule has 1 atom stereocenters. The Balaban J connectivity index is 2.46. The Morgan fingerprint density at radius 3 is 2.47 bits per heavy atom. The van der Waals surface area contributed by atoms with Crippen molar-refractivity contribution in [2.45, 2.75) is 76.4 Å². The van der Waals surface area contributed by atoms with E-state index in [2.05, 4.69) is 12.2 Å². The van der Waals surface area contributed by atoms with Gasteiger partial charge in [-0.2, -0.15) is 0 Å². The van der Waals surface area contributed by atoms with Crippen LogP contribution in [0.4, 0.5) is 0 Å². The molecule has 4 nitrogen and oxygen atoms in total. The minimum atomic E-state index is -0.644. The number of carbonyl (C=O) groups excluding carboxylic acids is 1. The van der Waals surface area contributed by atoms with Crippen LogP contribution >= 0.6 is 0 Å². The summed E-state index contributed by atoms with van der Waals surface area (Å²) >= 11 is 0. The number of nitrogens with one attached hydrogen (secondary N) is 1. The fourth-order valence-electron chi connectivity index (χ4n) is 2.73. The summed E-state index contributed by atoms with van der Waals surface area (Å²) in [6, 6.07) is -0.280. The van der Waals surface area contributed by atoms with E-state index >= 15 is 0 Å². The maximum Gasteiger partial charge on any atom is 0.322 e. The van der Waals surface area contributed by atoms with Crippen LogP contribution in [0.2, 0.25) is 0 Å². The van der Waals surface area contributed by atoms with E-state index in [0.717, 1.165) is 44.9 Å². The van der Waals surface area contributed by atoms with Gasteiger partial charge in [-0.3, -0.25) is 4.79 Å². The number of hydrogen-bond donors (Lipinski definition) is 2. The summed E-state index contributed by atoms with van der Waals surface area (Å²) in [5.41, 5.74) is -0.644. The molecule has 0 radical (unpaired) electrons. The molecule has 1 rings (SSSR count). The Hall–Kier alpha value is -0.610. The van der Waals surface area contributed by atoms with Crippen molar-refractivity contribution >= 4 is 5.97 Å². The number of aliphatic hydroxyl groups is 1. The first-order valence-electron chi connectivity index (χ1n) is 7.65. The Kier molecular flexibility index (Phi) is 7.39. The monoisotopic (exact) mass is 271 g/mol. The van der Waals surface area contributed by atoms with Crippen molar-refractivity contribution in [3.8, 4) is 0 Å². The third-order valence-corrected chi connectivity index (χ3v) is 4.04. The van der Waals surface area contributed by atoms with Crippen molar-refractivity contribution < 1.29 is 14.6 Å². The van der Waals surface area contributed by atoms with Crippen LogP contribution in [0.15, 0.2) is 0 Å². The molecule has 0 bridgehead atoms. The fourth-order valence-corrected chi connectivity index (χ4v) is 2.73. The van der Waals surface area contributed by atoms with Crippen LogP contribution < -0.4 is 5.32 Å². The van der Waals surface area contributed by atoms with Crippen molar-refractivity contribution in [3.63, 3.8) is 0 Å². The molecule has 0 amide bonds. The van der Waals surface area contributed by atoms with Gasteiger partial charge in [-0.15, -0.1) is 0 Å². The number of hydrogen-bond acceptors (Lipinski definition) is 4. The fraction of sp³-hybridized carbons (Fsp3) is 0.933. The molecule has 1 saturated carbocycles. The largest absolute Gasteiger partial charge is 0.468 e. The van der Waals surface area contributed by atoms with Crippen molar-refractivity contribution in [2.75, 3.05) is 13.7 Å². The van der Waals surface area contributed by atoms with Gasteiger partial charge >= 0.3 is 5.97 Å². The molecular weight excluding hydrogens is 242 g/mol. The molecule has 4 heteroatoms. The zero-order chi connectivity index (χ0) is 14.1. The number of methoxy groups -OCH3 is 1. The zero-order valence-electron chi connectivity index (χ0n) is 12.4. The van der Waals surface area contributed by atoms with Gasteiger partial charge in [0.2, 0.25) is 0 Å². The highest BCUT2D eigenvalue weighted by Crippen LogP contribution is 2.26. The molecule has 2 N–H and O–H groups in total. The van der Waals surface area contributed by atoms with Gasteiger partial charge in [0.1, 0.15) is 6.04 Å². The second kappa shape index (κ2) is 8.54. The van der Waals surface area contributed by atoms with Gasteiger partial charge in [-0.25, -0.2) is 0 Å². The highest BCUT2D eigenvalue weighted by Gasteiger charge is 2.30. The topological polar surface area (TPSA) is 58.6 Å². The molecule has 0 aromatic rings. The summed E-state index contributed by atoms with van der Waals surface area (Å²) in [6.45, 7) is 2.60. The predicted octanol–water partition coefficient (Wildman–Crippen LogP) is 2.39. The van der Waals surface area contributed by atoms with Gasteiger partial charge in [0.25, 0.3) is 0 Å². The first-order chi connectivity index (χ1) is 9.11. The van der Waals surface area contributed by atoms with Crippen LogP contribution in [0.1, 0.15) is 64.7 Å². The lowest BCUT2D eigenvalue weighted by Gasteiger charge is -2.29. The summed E-state index contributed by atoms with van der Waals surface area (Å²) in [7, 11) is 1.42. The lowest BCUT2D eigenvalue weighted by molar-refractivity contribution is -0.143. The summed E-state index contributed by atoms with van der Waals surface area (Å²) in [5.74, 6) is -0.217. The minimum absolute atomic E-state index is 0.217. The summed E-state index contributed by atoms with van der Waals surface area (Å²) in [4.78, 5) is 11.7. The molecule has 1 unspecified atom stereocenters. The second-order valence-electron chi connectivity index (χ2n) is 5.74. The number of carbonyl (C=O) groups is 1. The van der Waals surface area contributed by atoms with Gasteiger partial charge in [0.15, 0.2) is 0 Å². The maximum atomic E-state index is 11.7. The van der Waals surface area contributed by atoms with Gasteiger partial charge in [-0.1, -0.05) is 45.4 Å². The summed E-state index contributed by atoms with van der Waals surface area (Å²) < 4.78 is 4.82. The lowest BCUT2D eigenvalue weighted by atomic mass is 9.94. The number of esters is 1. The van der Waals surface area contributed by atoms with E-state index in [1.165, 1.54) is 20.0 Å². The van der Waals surface area contributed by atoms with Crippen molar-refractivity contribution in [3.05, 3.63) is 0 Å². The van der Waals surface area contributed by atoms with Gasteiger partial charge < -0.3 is 15.2 Å². The summed E-state index contributed by atoms with van der Waals surface area (Å²) in [5, 5.41) is 13.8. The van der Waals surface area contributed by atoms with Crippen LogP contribution in [0.25, 0.3) is 0 Å². The van der Waals surface area contributed by atoms with Crippen LogP contribution in [0, 0.1) is 0 Å². The Bertz CT molecular complexity index is 260. The van der Waals surface area contributed by atoms with E-state index in [-0.39, 0.29) is 12.0 Å². The van der Waals surface area contributed by atoms with E-state index in [9.17, 15) is 9.90 Å². The first kappa shape index (κ1) is 16.4. The Labute approximate surface area is 116 Å². The third kappa shape index (κ3) is 5.91. The third-order valence-electron chi connectivity index (χ3n) is 4.04. The number of unbranched alkanes of at least 4 members (excludes halogenated alkanes) is 1. The molecular formula is C15H29NO3. The highest BCUT2D eigenvalue weighted by atomic mass is 16.5. The standard InChI is InChI=1S/C15H29NO3/c1-3-4-9-13(14(17)19-2)16-12-15(18)10-7-5-6-8-11-15/h13,16,18H,3-12H2,1-2H3.